The number of aliphatic hydroxyl groups is 1. The van der Waals surface area contributed by atoms with Crippen molar-refractivity contribution < 1.29 is 14.7 Å². The van der Waals surface area contributed by atoms with Crippen LogP contribution in [-0.4, -0.2) is 46.0 Å². The van der Waals surface area contributed by atoms with Crippen LogP contribution in [0.1, 0.15) is 19.3 Å². The van der Waals surface area contributed by atoms with E-state index in [4.69, 9.17) is 0 Å². The summed E-state index contributed by atoms with van der Waals surface area (Å²) in [6.45, 7) is 0.438. The highest BCUT2D eigenvalue weighted by atomic mass is 16.3. The minimum absolute atomic E-state index is 0.0567. The average Bonchev–Trinajstić information content (AvgIpc) is 2.78. The van der Waals surface area contributed by atoms with E-state index in [9.17, 15) is 14.7 Å². The zero-order valence-corrected chi connectivity index (χ0v) is 13.9. The predicted molar refractivity (Wildman–Crippen MR) is 94.7 cm³/mol. The normalized spacial score (nSPS) is 17.9. The van der Waals surface area contributed by atoms with Crippen LogP contribution in [0.2, 0.25) is 0 Å². The number of carbonyl (C=O) groups excluding carboxylic acids is 2. The zero-order valence-electron chi connectivity index (χ0n) is 13.9. The summed E-state index contributed by atoms with van der Waals surface area (Å²) in [5.41, 5.74) is 2.35. The van der Waals surface area contributed by atoms with Crippen LogP contribution in [0.4, 0.5) is 5.69 Å². The largest absolute Gasteiger partial charge is 0.383 e. The third-order valence-electron chi connectivity index (χ3n) is 4.20. The highest BCUT2D eigenvalue weighted by molar-refractivity contribution is 5.95. The Morgan fingerprint density at radius 1 is 1.24 bits per heavy atom. The van der Waals surface area contributed by atoms with Gasteiger partial charge < -0.3 is 15.3 Å². The first-order valence-electron chi connectivity index (χ1n) is 8.41. The van der Waals surface area contributed by atoms with Gasteiger partial charge in [0.2, 0.25) is 5.91 Å². The summed E-state index contributed by atoms with van der Waals surface area (Å²) < 4.78 is 0. The summed E-state index contributed by atoms with van der Waals surface area (Å²) in [6, 6.07) is 13.2. The van der Waals surface area contributed by atoms with E-state index in [1.807, 2.05) is 30.3 Å². The van der Waals surface area contributed by atoms with Gasteiger partial charge in [-0.25, -0.2) is 0 Å². The van der Waals surface area contributed by atoms with Crippen molar-refractivity contribution in [3.8, 4) is 11.3 Å². The molecule has 3 rings (SSSR count). The van der Waals surface area contributed by atoms with Crippen LogP contribution in [0.25, 0.3) is 11.3 Å². The van der Waals surface area contributed by atoms with Crippen molar-refractivity contribution >= 4 is 17.5 Å². The number of amides is 2. The average molecular weight is 339 g/mol. The Balaban J connectivity index is 1.66. The molecule has 1 atom stereocenters. The lowest BCUT2D eigenvalue weighted by molar-refractivity contribution is -0.141. The van der Waals surface area contributed by atoms with Crippen LogP contribution in [0.3, 0.4) is 0 Å². The van der Waals surface area contributed by atoms with Crippen LogP contribution >= 0.6 is 0 Å². The fourth-order valence-electron chi connectivity index (χ4n) is 2.89. The molecule has 6 nitrogen and oxygen atoms in total. The topological polar surface area (TPSA) is 82.5 Å². The third kappa shape index (κ3) is 4.42. The molecule has 0 radical (unpaired) electrons. The molecule has 2 heterocycles. The zero-order chi connectivity index (χ0) is 17.6. The highest BCUT2D eigenvalue weighted by Crippen LogP contribution is 2.20. The molecule has 1 unspecified atom stereocenters. The number of hydrogen-bond donors (Lipinski definition) is 2. The van der Waals surface area contributed by atoms with Crippen molar-refractivity contribution in [3.63, 3.8) is 0 Å². The first-order chi connectivity index (χ1) is 12.1. The van der Waals surface area contributed by atoms with E-state index in [2.05, 4.69) is 10.3 Å². The van der Waals surface area contributed by atoms with Gasteiger partial charge >= 0.3 is 0 Å². The predicted octanol–water partition coefficient (Wildman–Crippen LogP) is 2.06. The van der Waals surface area contributed by atoms with Gasteiger partial charge in [0.15, 0.2) is 0 Å². The fraction of sp³-hybridized carbons (Fsp3) is 0.316. The molecule has 1 aliphatic rings. The van der Waals surface area contributed by atoms with Gasteiger partial charge in [-0.15, -0.1) is 0 Å². The monoisotopic (exact) mass is 339 g/mol. The Bertz CT molecular complexity index is 749. The molecule has 0 aliphatic carbocycles. The first kappa shape index (κ1) is 17.1. The summed E-state index contributed by atoms with van der Waals surface area (Å²) in [4.78, 5) is 30.1. The summed E-state index contributed by atoms with van der Waals surface area (Å²) in [7, 11) is 0. The van der Waals surface area contributed by atoms with E-state index < -0.39 is 6.10 Å². The number of aromatic nitrogens is 1. The van der Waals surface area contributed by atoms with Crippen LogP contribution in [-0.2, 0) is 9.59 Å². The minimum Gasteiger partial charge on any atom is -0.383 e. The molecule has 6 heteroatoms. The number of likely N-dealkylation sites (tertiary alicyclic amines) is 1. The van der Waals surface area contributed by atoms with E-state index in [1.54, 1.807) is 18.3 Å². The molecular formula is C19H21N3O3. The van der Waals surface area contributed by atoms with Gasteiger partial charge in [-0.1, -0.05) is 30.3 Å². The van der Waals surface area contributed by atoms with Gasteiger partial charge in [-0.3, -0.25) is 14.6 Å². The van der Waals surface area contributed by atoms with Crippen molar-refractivity contribution in [3.05, 3.63) is 48.7 Å². The Morgan fingerprint density at radius 2 is 2.04 bits per heavy atom. The lowest BCUT2D eigenvalue weighted by Crippen LogP contribution is -2.42. The number of carbonyl (C=O) groups is 2. The summed E-state index contributed by atoms with van der Waals surface area (Å²) in [5.74, 6) is -0.653. The number of aliphatic hydroxyl groups excluding tert-OH is 1. The molecule has 1 fully saturated rings. The van der Waals surface area contributed by atoms with Crippen molar-refractivity contribution in [1.82, 2.24) is 9.88 Å². The smallest absolute Gasteiger partial charge is 0.251 e. The Labute approximate surface area is 146 Å². The molecule has 2 amide bonds. The number of benzene rings is 1. The molecule has 0 saturated carbocycles. The molecule has 25 heavy (non-hydrogen) atoms. The fourth-order valence-corrected chi connectivity index (χ4v) is 2.89. The van der Waals surface area contributed by atoms with E-state index in [0.717, 1.165) is 24.1 Å². The molecule has 0 bridgehead atoms. The van der Waals surface area contributed by atoms with Gasteiger partial charge in [0.1, 0.15) is 6.10 Å². The Morgan fingerprint density at radius 3 is 2.84 bits per heavy atom. The maximum Gasteiger partial charge on any atom is 0.251 e. The number of rotatable bonds is 4. The number of anilines is 1. The molecule has 2 N–H and O–H groups in total. The second-order valence-corrected chi connectivity index (χ2v) is 6.12. The summed E-state index contributed by atoms with van der Waals surface area (Å²) in [5, 5.41) is 12.6. The standard InChI is InChI=1S/C19H21N3O3/c23-17-8-4-5-11-22(19(17)25)13-18(24)21-15-9-10-20-16(12-15)14-6-2-1-3-7-14/h1-3,6-7,9-10,12,17,23H,4-5,8,11,13H2,(H,20,21,24). The number of nitrogens with one attached hydrogen (secondary N) is 1. The van der Waals surface area contributed by atoms with Crippen molar-refractivity contribution in [1.29, 1.82) is 0 Å². The minimum atomic E-state index is -0.999. The van der Waals surface area contributed by atoms with Crippen molar-refractivity contribution in [2.75, 3.05) is 18.4 Å². The van der Waals surface area contributed by atoms with Gasteiger partial charge in [0.05, 0.1) is 12.2 Å². The summed E-state index contributed by atoms with van der Waals surface area (Å²) in [6.07, 6.45) is 2.68. The molecule has 1 aromatic heterocycles. The lowest BCUT2D eigenvalue weighted by atomic mass is 10.1. The summed E-state index contributed by atoms with van der Waals surface area (Å²) >= 11 is 0. The van der Waals surface area contributed by atoms with Gasteiger partial charge in [0.25, 0.3) is 5.91 Å². The quantitative estimate of drug-likeness (QED) is 0.893. The maximum atomic E-state index is 12.3. The van der Waals surface area contributed by atoms with Crippen LogP contribution in [0.5, 0.6) is 0 Å². The SMILES string of the molecule is O=C(CN1CCCCC(O)C1=O)Nc1ccnc(-c2ccccc2)c1. The van der Waals surface area contributed by atoms with E-state index in [-0.39, 0.29) is 18.4 Å². The highest BCUT2D eigenvalue weighted by Gasteiger charge is 2.26. The first-order valence-corrected chi connectivity index (χ1v) is 8.41. The van der Waals surface area contributed by atoms with Gasteiger partial charge in [-0.05, 0) is 31.4 Å². The number of nitrogens with zero attached hydrogens (tertiary/aromatic N) is 2. The Kier molecular flexibility index (Phi) is 5.40. The molecular weight excluding hydrogens is 318 g/mol. The molecule has 1 saturated heterocycles. The second-order valence-electron chi connectivity index (χ2n) is 6.12. The molecule has 130 valence electrons. The molecule has 0 spiro atoms. The van der Waals surface area contributed by atoms with Crippen LogP contribution in [0, 0.1) is 0 Å². The second kappa shape index (κ2) is 7.90. The number of hydrogen-bond acceptors (Lipinski definition) is 4. The van der Waals surface area contributed by atoms with E-state index in [1.165, 1.54) is 4.90 Å². The maximum absolute atomic E-state index is 12.3. The molecule has 1 aromatic carbocycles. The Hall–Kier alpha value is -2.73. The van der Waals surface area contributed by atoms with Crippen LogP contribution < -0.4 is 5.32 Å². The van der Waals surface area contributed by atoms with E-state index in [0.29, 0.717) is 18.7 Å². The van der Waals surface area contributed by atoms with Gasteiger partial charge in [0, 0.05) is 24.0 Å². The van der Waals surface area contributed by atoms with Crippen LogP contribution in [0.15, 0.2) is 48.7 Å². The van der Waals surface area contributed by atoms with E-state index >= 15 is 0 Å². The van der Waals surface area contributed by atoms with Crippen molar-refractivity contribution in [2.24, 2.45) is 0 Å². The lowest BCUT2D eigenvalue weighted by Gasteiger charge is -2.21. The van der Waals surface area contributed by atoms with Crippen molar-refractivity contribution in [2.45, 2.75) is 25.4 Å². The molecule has 1 aliphatic heterocycles. The third-order valence-corrected chi connectivity index (χ3v) is 4.20. The number of pyridine rings is 1. The van der Waals surface area contributed by atoms with Gasteiger partial charge in [-0.2, -0.15) is 0 Å². The molecule has 2 aromatic rings.